The molecule has 2 N–H and O–H groups in total. The van der Waals surface area contributed by atoms with Crippen molar-refractivity contribution >= 4 is 34.5 Å². The molecule has 0 unspecified atom stereocenters. The molecule has 0 saturated carbocycles. The van der Waals surface area contributed by atoms with Gasteiger partial charge in [-0.15, -0.1) is 0 Å². The minimum absolute atomic E-state index is 0.0316. The molecule has 39 heavy (non-hydrogen) atoms. The van der Waals surface area contributed by atoms with Crippen LogP contribution in [0.4, 0.5) is 16.3 Å². The molecule has 0 bridgehead atoms. The van der Waals surface area contributed by atoms with Crippen molar-refractivity contribution in [1.29, 1.82) is 0 Å². The van der Waals surface area contributed by atoms with Gasteiger partial charge in [0.2, 0.25) is 11.5 Å². The maximum Gasteiger partial charge on any atom is 0.318 e. The number of aromatic nitrogens is 3. The van der Waals surface area contributed by atoms with E-state index in [9.17, 15) is 9.59 Å². The maximum atomic E-state index is 12.8. The number of piperidine rings is 1. The van der Waals surface area contributed by atoms with Gasteiger partial charge in [-0.3, -0.25) is 4.79 Å². The van der Waals surface area contributed by atoms with Crippen LogP contribution in [0.25, 0.3) is 22.5 Å². The highest BCUT2D eigenvalue weighted by atomic mass is 16.5. The second-order valence-corrected chi connectivity index (χ2v) is 11.4. The first-order chi connectivity index (χ1) is 18.7. The zero-order valence-corrected chi connectivity index (χ0v) is 23.1. The summed E-state index contributed by atoms with van der Waals surface area (Å²) in [6, 6.07) is 7.15. The number of likely N-dealkylation sites (tertiary alicyclic amines) is 1. The van der Waals surface area contributed by atoms with E-state index < -0.39 is 0 Å². The molecule has 2 saturated heterocycles. The van der Waals surface area contributed by atoms with Crippen LogP contribution in [0.2, 0.25) is 0 Å². The number of hydrogen-bond acceptors (Lipinski definition) is 8. The molecular formula is C28H37N7O4. The fraction of sp³-hybridized carbons (Fsp3) is 0.536. The highest BCUT2D eigenvalue weighted by Crippen LogP contribution is 2.37. The Morgan fingerprint density at radius 2 is 1.72 bits per heavy atom. The van der Waals surface area contributed by atoms with Gasteiger partial charge in [-0.05, 0) is 42.5 Å². The number of ether oxygens (including phenoxy) is 1. The summed E-state index contributed by atoms with van der Waals surface area (Å²) >= 11 is 0. The highest BCUT2D eigenvalue weighted by Gasteiger charge is 2.31. The second kappa shape index (κ2) is 11.2. The number of benzene rings is 1. The number of nitrogens with one attached hydrogen (secondary N) is 2. The Balaban J connectivity index is 1.44. The second-order valence-electron chi connectivity index (χ2n) is 11.4. The minimum Gasteiger partial charge on any atom is -0.378 e. The number of fused-ring (bicyclic) bond motifs is 1. The van der Waals surface area contributed by atoms with Crippen LogP contribution in [0, 0.1) is 5.41 Å². The predicted molar refractivity (Wildman–Crippen MR) is 149 cm³/mol. The van der Waals surface area contributed by atoms with Gasteiger partial charge in [0.25, 0.3) is 0 Å². The quantitative estimate of drug-likeness (QED) is 0.502. The first-order valence-corrected chi connectivity index (χ1v) is 13.6. The molecule has 2 aliphatic rings. The predicted octanol–water partition coefficient (Wildman–Crippen LogP) is 4.01. The number of nitrogens with zero attached hydrogens (tertiary/aromatic N) is 5. The standard InChI is InChI=1S/C28H37N7O4/c1-28(2,3)17-21(36)34-11-9-18(10-12-34)22-23-24(39-33-22)26(35-13-15-38-16-14-35)32-25(31-23)19-5-7-20(8-6-19)30-27(37)29-4/h5-8,18H,9-17H2,1-4H3,(H2,29,30,37). The molecule has 4 heterocycles. The van der Waals surface area contributed by atoms with E-state index in [0.717, 1.165) is 24.1 Å². The molecule has 3 amide bonds. The highest BCUT2D eigenvalue weighted by molar-refractivity contribution is 5.90. The molecular weight excluding hydrogens is 498 g/mol. The van der Waals surface area contributed by atoms with E-state index in [1.54, 1.807) is 7.05 Å². The molecule has 3 aromatic rings. The number of morpholine rings is 1. The summed E-state index contributed by atoms with van der Waals surface area (Å²) in [7, 11) is 1.57. The van der Waals surface area contributed by atoms with Crippen LogP contribution in [0.15, 0.2) is 28.8 Å². The molecule has 0 atom stereocenters. The average molecular weight is 536 g/mol. The van der Waals surface area contributed by atoms with Crippen molar-refractivity contribution in [1.82, 2.24) is 25.3 Å². The molecule has 11 nitrogen and oxygen atoms in total. The van der Waals surface area contributed by atoms with Gasteiger partial charge in [-0.1, -0.05) is 25.9 Å². The lowest BCUT2D eigenvalue weighted by molar-refractivity contribution is -0.134. The fourth-order valence-corrected chi connectivity index (χ4v) is 5.08. The number of carbonyl (C=O) groups excluding carboxylic acids is 2. The third-order valence-corrected chi connectivity index (χ3v) is 7.18. The normalized spacial score (nSPS) is 16.9. The van der Waals surface area contributed by atoms with E-state index in [0.29, 0.717) is 74.2 Å². The molecule has 2 fully saturated rings. The Kier molecular flexibility index (Phi) is 7.69. The number of hydrogen-bond donors (Lipinski definition) is 2. The molecule has 1 aromatic carbocycles. The van der Waals surface area contributed by atoms with Gasteiger partial charge >= 0.3 is 6.03 Å². The monoisotopic (exact) mass is 535 g/mol. The van der Waals surface area contributed by atoms with Crippen molar-refractivity contribution in [3.05, 3.63) is 30.0 Å². The summed E-state index contributed by atoms with van der Waals surface area (Å²) in [5, 5.41) is 9.82. The summed E-state index contributed by atoms with van der Waals surface area (Å²) in [5.41, 5.74) is 3.59. The zero-order chi connectivity index (χ0) is 27.6. The van der Waals surface area contributed by atoms with E-state index in [4.69, 9.17) is 19.2 Å². The molecule has 2 aliphatic heterocycles. The van der Waals surface area contributed by atoms with Crippen molar-refractivity contribution < 1.29 is 18.8 Å². The van der Waals surface area contributed by atoms with Crippen LogP contribution in [0.5, 0.6) is 0 Å². The number of urea groups is 1. The molecule has 5 rings (SSSR count). The van der Waals surface area contributed by atoms with Gasteiger partial charge in [0.1, 0.15) is 11.2 Å². The summed E-state index contributed by atoms with van der Waals surface area (Å²) in [4.78, 5) is 38.4. The van der Waals surface area contributed by atoms with Crippen molar-refractivity contribution in [2.45, 2.75) is 46.0 Å². The van der Waals surface area contributed by atoms with Gasteiger partial charge in [0.15, 0.2) is 11.6 Å². The number of rotatable bonds is 5. The van der Waals surface area contributed by atoms with Crippen LogP contribution >= 0.6 is 0 Å². The minimum atomic E-state index is -0.282. The van der Waals surface area contributed by atoms with Gasteiger partial charge in [-0.2, -0.15) is 0 Å². The van der Waals surface area contributed by atoms with Gasteiger partial charge in [0, 0.05) is 56.8 Å². The summed E-state index contributed by atoms with van der Waals surface area (Å²) < 4.78 is 11.5. The maximum absolute atomic E-state index is 12.8. The van der Waals surface area contributed by atoms with Crippen molar-refractivity contribution in [2.24, 2.45) is 5.41 Å². The molecule has 11 heteroatoms. The van der Waals surface area contributed by atoms with Crippen LogP contribution in [0.1, 0.15) is 51.6 Å². The van der Waals surface area contributed by atoms with E-state index in [-0.39, 0.29) is 23.3 Å². The van der Waals surface area contributed by atoms with E-state index in [1.807, 2.05) is 29.2 Å². The molecule has 208 valence electrons. The van der Waals surface area contributed by atoms with Gasteiger partial charge in [0.05, 0.1) is 13.2 Å². The number of anilines is 2. The van der Waals surface area contributed by atoms with Crippen molar-refractivity contribution in [2.75, 3.05) is 56.7 Å². The number of carbonyl (C=O) groups is 2. The van der Waals surface area contributed by atoms with Gasteiger partial charge in [-0.25, -0.2) is 14.8 Å². The summed E-state index contributed by atoms with van der Waals surface area (Å²) in [6.07, 6.45) is 2.16. The van der Waals surface area contributed by atoms with Crippen molar-refractivity contribution in [3.8, 4) is 11.4 Å². The topological polar surface area (TPSA) is 126 Å². The first kappa shape index (κ1) is 26.9. The Labute approximate surface area is 228 Å². The summed E-state index contributed by atoms with van der Waals surface area (Å²) in [6.45, 7) is 10.3. The molecule has 0 spiro atoms. The fourth-order valence-electron chi connectivity index (χ4n) is 5.08. The van der Waals surface area contributed by atoms with Crippen LogP contribution in [0.3, 0.4) is 0 Å². The Morgan fingerprint density at radius 3 is 2.36 bits per heavy atom. The smallest absolute Gasteiger partial charge is 0.318 e. The summed E-state index contributed by atoms with van der Waals surface area (Å²) in [5.74, 6) is 1.63. The Morgan fingerprint density at radius 1 is 1.03 bits per heavy atom. The third kappa shape index (κ3) is 6.13. The largest absolute Gasteiger partial charge is 0.378 e. The molecule has 0 aliphatic carbocycles. The van der Waals surface area contributed by atoms with Crippen LogP contribution in [-0.2, 0) is 9.53 Å². The Hall–Kier alpha value is -3.73. The SMILES string of the molecule is CNC(=O)Nc1ccc(-c2nc(N3CCOCC3)c3onc(C4CCN(C(=O)CC(C)(C)C)CC4)c3n2)cc1. The van der Waals surface area contributed by atoms with Crippen LogP contribution in [-0.4, -0.2) is 78.4 Å². The van der Waals surface area contributed by atoms with E-state index in [1.165, 1.54) is 0 Å². The first-order valence-electron chi connectivity index (χ1n) is 13.6. The molecule has 0 radical (unpaired) electrons. The van der Waals surface area contributed by atoms with Gasteiger partial charge < -0.3 is 29.7 Å². The average Bonchev–Trinajstić information content (AvgIpc) is 3.36. The lowest BCUT2D eigenvalue weighted by Crippen LogP contribution is -2.39. The van der Waals surface area contributed by atoms with E-state index in [2.05, 4.69) is 41.5 Å². The molecule has 2 aromatic heterocycles. The Bertz CT molecular complexity index is 1320. The lowest BCUT2D eigenvalue weighted by atomic mass is 9.89. The van der Waals surface area contributed by atoms with Crippen molar-refractivity contribution in [3.63, 3.8) is 0 Å². The third-order valence-electron chi connectivity index (χ3n) is 7.18. The van der Waals surface area contributed by atoms with Crippen LogP contribution < -0.4 is 15.5 Å². The zero-order valence-electron chi connectivity index (χ0n) is 23.1. The van der Waals surface area contributed by atoms with E-state index >= 15 is 0 Å². The lowest BCUT2D eigenvalue weighted by Gasteiger charge is -2.33. The number of amides is 3.